The molecule has 4 aromatic rings. The van der Waals surface area contributed by atoms with Gasteiger partial charge in [0.15, 0.2) is 11.6 Å². The van der Waals surface area contributed by atoms with Gasteiger partial charge in [-0.2, -0.15) is 15.0 Å². The van der Waals surface area contributed by atoms with Crippen molar-refractivity contribution in [3.05, 3.63) is 82.5 Å². The van der Waals surface area contributed by atoms with Gasteiger partial charge in [-0.05, 0) is 49.2 Å². The number of rotatable bonds is 4. The van der Waals surface area contributed by atoms with E-state index in [-0.39, 0.29) is 22.5 Å². The van der Waals surface area contributed by atoms with Crippen molar-refractivity contribution in [2.24, 2.45) is 0 Å². The lowest BCUT2D eigenvalue weighted by Gasteiger charge is -2.12. The number of methoxy groups -OCH3 is 1. The molecule has 4 rings (SSSR count). The molecule has 8 nitrogen and oxygen atoms in total. The zero-order valence-corrected chi connectivity index (χ0v) is 17.7. The first-order valence-corrected chi connectivity index (χ1v) is 9.78. The molecule has 0 aliphatic heterocycles. The first-order chi connectivity index (χ1) is 15.4. The van der Waals surface area contributed by atoms with E-state index in [2.05, 4.69) is 10.4 Å². The van der Waals surface area contributed by atoms with Gasteiger partial charge in [-0.3, -0.25) is 4.79 Å². The molecule has 0 saturated heterocycles. The summed E-state index contributed by atoms with van der Waals surface area (Å²) in [6, 6.07) is 16.0. The van der Waals surface area contributed by atoms with Crippen molar-refractivity contribution >= 4 is 28.6 Å². The SMILES string of the molecule is COC(=O)c1cccc(C(=O)Nc2c(C#N)cnn2-c2cc(C)c3cccc(C)c3n2)c1. The summed E-state index contributed by atoms with van der Waals surface area (Å²) in [5, 5.41) is 17.6. The van der Waals surface area contributed by atoms with Gasteiger partial charge in [0.25, 0.3) is 5.91 Å². The number of nitrogens with one attached hydrogen (secondary N) is 1. The molecule has 2 aromatic heterocycles. The summed E-state index contributed by atoms with van der Waals surface area (Å²) in [4.78, 5) is 29.4. The average molecular weight is 425 g/mol. The van der Waals surface area contributed by atoms with E-state index in [9.17, 15) is 14.9 Å². The Morgan fingerprint density at radius 2 is 1.81 bits per heavy atom. The molecule has 0 saturated carbocycles. The molecule has 2 heterocycles. The van der Waals surface area contributed by atoms with Crippen LogP contribution in [0.3, 0.4) is 0 Å². The Bertz CT molecular complexity index is 1420. The second-order valence-electron chi connectivity index (χ2n) is 7.23. The van der Waals surface area contributed by atoms with Gasteiger partial charge in [0, 0.05) is 10.9 Å². The zero-order valence-electron chi connectivity index (χ0n) is 17.7. The summed E-state index contributed by atoms with van der Waals surface area (Å²) < 4.78 is 6.14. The second-order valence-corrected chi connectivity index (χ2v) is 7.23. The highest BCUT2D eigenvalue weighted by Crippen LogP contribution is 2.25. The number of hydrogen-bond acceptors (Lipinski definition) is 6. The van der Waals surface area contributed by atoms with Crippen LogP contribution in [0.2, 0.25) is 0 Å². The number of pyridine rings is 1. The monoisotopic (exact) mass is 425 g/mol. The number of fused-ring (bicyclic) bond motifs is 1. The molecular formula is C24H19N5O3. The molecule has 1 amide bonds. The molecule has 2 aromatic carbocycles. The second kappa shape index (κ2) is 8.32. The largest absolute Gasteiger partial charge is 0.465 e. The summed E-state index contributed by atoms with van der Waals surface area (Å²) >= 11 is 0. The van der Waals surface area contributed by atoms with Gasteiger partial charge >= 0.3 is 5.97 Å². The maximum Gasteiger partial charge on any atom is 0.337 e. The molecule has 0 bridgehead atoms. The standard InChI is InChI=1S/C24H19N5O3/c1-14-6-4-9-19-15(2)10-20(27-21(14)19)29-22(18(12-25)13-26-29)28-23(30)16-7-5-8-17(11-16)24(31)32-3/h4-11,13H,1-3H3,(H,28,30). The van der Waals surface area contributed by atoms with E-state index in [0.29, 0.717) is 5.82 Å². The summed E-state index contributed by atoms with van der Waals surface area (Å²) in [5.41, 5.74) is 3.49. The van der Waals surface area contributed by atoms with E-state index in [1.165, 1.54) is 24.1 Å². The highest BCUT2D eigenvalue weighted by molar-refractivity contribution is 6.06. The van der Waals surface area contributed by atoms with Crippen molar-refractivity contribution in [3.8, 4) is 11.9 Å². The molecule has 0 unspecified atom stereocenters. The number of nitriles is 1. The van der Waals surface area contributed by atoms with Crippen LogP contribution in [0.25, 0.3) is 16.7 Å². The Kier molecular flexibility index (Phi) is 5.39. The Hall–Kier alpha value is -4.51. The molecule has 1 N–H and O–H groups in total. The van der Waals surface area contributed by atoms with E-state index < -0.39 is 11.9 Å². The topological polar surface area (TPSA) is 110 Å². The third-order valence-corrected chi connectivity index (χ3v) is 5.12. The molecule has 0 spiro atoms. The lowest BCUT2D eigenvalue weighted by atomic mass is 10.1. The number of ether oxygens (including phenoxy) is 1. The molecule has 0 aliphatic rings. The number of carbonyl (C=O) groups excluding carboxylic acids is 2. The molecule has 0 fully saturated rings. The van der Waals surface area contributed by atoms with Crippen molar-refractivity contribution in [2.45, 2.75) is 13.8 Å². The van der Waals surface area contributed by atoms with Crippen molar-refractivity contribution in [2.75, 3.05) is 12.4 Å². The normalized spacial score (nSPS) is 10.6. The van der Waals surface area contributed by atoms with Gasteiger partial charge in [-0.25, -0.2) is 9.78 Å². The third-order valence-electron chi connectivity index (χ3n) is 5.12. The fourth-order valence-electron chi connectivity index (χ4n) is 3.46. The van der Waals surface area contributed by atoms with Crippen LogP contribution in [0.1, 0.15) is 37.4 Å². The van der Waals surface area contributed by atoms with Crippen molar-refractivity contribution in [3.63, 3.8) is 0 Å². The molecule has 32 heavy (non-hydrogen) atoms. The Morgan fingerprint density at radius 3 is 2.56 bits per heavy atom. The number of esters is 1. The fraction of sp³-hybridized carbons (Fsp3) is 0.125. The molecule has 0 aliphatic carbocycles. The highest BCUT2D eigenvalue weighted by Gasteiger charge is 2.19. The molecule has 158 valence electrons. The summed E-state index contributed by atoms with van der Waals surface area (Å²) in [7, 11) is 1.27. The van der Waals surface area contributed by atoms with Crippen LogP contribution < -0.4 is 5.32 Å². The number of carbonyl (C=O) groups is 2. The Morgan fingerprint density at radius 1 is 1.06 bits per heavy atom. The van der Waals surface area contributed by atoms with Gasteiger partial charge in [0.1, 0.15) is 11.6 Å². The minimum absolute atomic E-state index is 0.187. The Labute approximate surface area is 184 Å². The third kappa shape index (κ3) is 3.68. The van der Waals surface area contributed by atoms with Crippen LogP contribution in [-0.4, -0.2) is 33.8 Å². The first kappa shape index (κ1) is 20.8. The van der Waals surface area contributed by atoms with Gasteiger partial charge < -0.3 is 10.1 Å². The number of benzene rings is 2. The fourth-order valence-corrected chi connectivity index (χ4v) is 3.46. The van der Waals surface area contributed by atoms with Crippen molar-refractivity contribution < 1.29 is 14.3 Å². The van der Waals surface area contributed by atoms with Gasteiger partial charge in [-0.15, -0.1) is 0 Å². The number of nitrogens with zero attached hydrogens (tertiary/aromatic N) is 4. The number of hydrogen-bond donors (Lipinski definition) is 1. The maximum atomic E-state index is 12.9. The van der Waals surface area contributed by atoms with Crippen molar-refractivity contribution in [1.29, 1.82) is 5.26 Å². The summed E-state index contributed by atoms with van der Waals surface area (Å²) in [6.45, 7) is 3.94. The van der Waals surface area contributed by atoms with Gasteiger partial charge in [0.2, 0.25) is 0 Å². The molecule has 0 atom stereocenters. The van der Waals surface area contributed by atoms with Gasteiger partial charge in [0.05, 0.1) is 24.4 Å². The quantitative estimate of drug-likeness (QED) is 0.496. The molecule has 8 heteroatoms. The van der Waals surface area contributed by atoms with Crippen molar-refractivity contribution in [1.82, 2.24) is 14.8 Å². The minimum atomic E-state index is -0.548. The number of para-hydroxylation sites is 1. The van der Waals surface area contributed by atoms with Crippen LogP contribution in [0.4, 0.5) is 5.82 Å². The zero-order chi connectivity index (χ0) is 22.8. The predicted molar refractivity (Wildman–Crippen MR) is 119 cm³/mol. The van der Waals surface area contributed by atoms with Crippen LogP contribution in [0.5, 0.6) is 0 Å². The smallest absolute Gasteiger partial charge is 0.337 e. The van der Waals surface area contributed by atoms with E-state index in [1.54, 1.807) is 18.2 Å². The van der Waals surface area contributed by atoms with Crippen LogP contribution in [0, 0.1) is 25.2 Å². The lowest BCUT2D eigenvalue weighted by molar-refractivity contribution is 0.0600. The maximum absolute atomic E-state index is 12.9. The van der Waals surface area contributed by atoms with E-state index in [0.717, 1.165) is 22.0 Å². The van der Waals surface area contributed by atoms with E-state index >= 15 is 0 Å². The van der Waals surface area contributed by atoms with Gasteiger partial charge in [-0.1, -0.05) is 24.3 Å². The number of anilines is 1. The highest BCUT2D eigenvalue weighted by atomic mass is 16.5. The number of aryl methyl sites for hydroxylation is 2. The van der Waals surface area contributed by atoms with E-state index in [4.69, 9.17) is 9.72 Å². The summed E-state index contributed by atoms with van der Waals surface area (Å²) in [5.74, 6) is -0.374. The number of amides is 1. The predicted octanol–water partition coefficient (Wildman–Crippen LogP) is 3.95. The lowest BCUT2D eigenvalue weighted by Crippen LogP contribution is -2.17. The molecule has 0 radical (unpaired) electrons. The molecular weight excluding hydrogens is 406 g/mol. The first-order valence-electron chi connectivity index (χ1n) is 9.78. The average Bonchev–Trinajstić information content (AvgIpc) is 3.21. The van der Waals surface area contributed by atoms with Crippen LogP contribution in [-0.2, 0) is 4.74 Å². The Balaban J connectivity index is 1.76. The van der Waals surface area contributed by atoms with Crippen LogP contribution >= 0.6 is 0 Å². The van der Waals surface area contributed by atoms with Crippen LogP contribution in [0.15, 0.2) is 54.7 Å². The summed E-state index contributed by atoms with van der Waals surface area (Å²) in [6.07, 6.45) is 1.37. The number of aromatic nitrogens is 3. The van der Waals surface area contributed by atoms with E-state index in [1.807, 2.05) is 44.2 Å². The minimum Gasteiger partial charge on any atom is -0.465 e.